The largest absolute Gasteiger partial charge is 0.369 e. The van der Waals surface area contributed by atoms with Crippen LogP contribution in [0, 0.1) is 6.92 Å². The Balaban J connectivity index is 1.19. The Hall–Kier alpha value is -2.37. The number of anilines is 1. The summed E-state index contributed by atoms with van der Waals surface area (Å²) in [5, 5.41) is 3.26. The average Bonchev–Trinajstić information content (AvgIpc) is 3.16. The minimum Gasteiger partial charge on any atom is -0.369 e. The van der Waals surface area contributed by atoms with Crippen molar-refractivity contribution in [3.8, 4) is 0 Å². The van der Waals surface area contributed by atoms with Gasteiger partial charge in [-0.3, -0.25) is 14.6 Å². The Morgan fingerprint density at radius 1 is 0.931 bits per heavy atom. The zero-order chi connectivity index (χ0) is 20.1. The molecule has 2 saturated heterocycles. The molecule has 5 nitrogen and oxygen atoms in total. The van der Waals surface area contributed by atoms with E-state index in [4.69, 9.17) is 0 Å². The van der Waals surface area contributed by atoms with Crippen LogP contribution < -0.4 is 10.2 Å². The number of carbonyl (C=O) groups is 1. The summed E-state index contributed by atoms with van der Waals surface area (Å²) >= 11 is 0. The summed E-state index contributed by atoms with van der Waals surface area (Å²) in [6.45, 7) is 9.47. The number of hydrogen-bond donors (Lipinski definition) is 1. The summed E-state index contributed by atoms with van der Waals surface area (Å²) in [5.74, 6) is 0.168. The van der Waals surface area contributed by atoms with Crippen LogP contribution in [0.3, 0.4) is 0 Å². The highest BCUT2D eigenvalue weighted by molar-refractivity contribution is 5.78. The zero-order valence-corrected chi connectivity index (χ0v) is 17.4. The SMILES string of the molecule is Cc1ccccc1N1CCN(CC(=O)N[C@@H]2CCN(Cc3ccccc3)C2)CC1. The maximum atomic E-state index is 12.6. The van der Waals surface area contributed by atoms with Crippen LogP contribution in [0.15, 0.2) is 54.6 Å². The number of nitrogens with zero attached hydrogens (tertiary/aromatic N) is 3. The van der Waals surface area contributed by atoms with Crippen LogP contribution in [0.1, 0.15) is 17.5 Å². The summed E-state index contributed by atoms with van der Waals surface area (Å²) in [6, 6.07) is 19.4. The van der Waals surface area contributed by atoms with Crippen LogP contribution in [0.2, 0.25) is 0 Å². The fraction of sp³-hybridized carbons (Fsp3) is 0.458. The number of carbonyl (C=O) groups excluding carboxylic acids is 1. The molecule has 1 amide bonds. The molecule has 0 spiro atoms. The molecule has 0 unspecified atom stereocenters. The molecular weight excluding hydrogens is 360 g/mol. The van der Waals surface area contributed by atoms with Gasteiger partial charge in [0.15, 0.2) is 0 Å². The van der Waals surface area contributed by atoms with Gasteiger partial charge in [0.2, 0.25) is 5.91 Å². The molecular formula is C24H32N4O. The molecule has 2 aromatic rings. The first-order valence-electron chi connectivity index (χ1n) is 10.8. The Morgan fingerprint density at radius 3 is 2.41 bits per heavy atom. The van der Waals surface area contributed by atoms with Crippen molar-refractivity contribution in [2.45, 2.75) is 25.9 Å². The number of nitrogens with one attached hydrogen (secondary N) is 1. The molecule has 2 fully saturated rings. The molecule has 5 heteroatoms. The number of aryl methyl sites for hydroxylation is 1. The van der Waals surface area contributed by atoms with E-state index >= 15 is 0 Å². The van der Waals surface area contributed by atoms with Crippen molar-refractivity contribution < 1.29 is 4.79 Å². The summed E-state index contributed by atoms with van der Waals surface area (Å²) in [6.07, 6.45) is 1.04. The van der Waals surface area contributed by atoms with Gasteiger partial charge in [0, 0.05) is 57.5 Å². The monoisotopic (exact) mass is 392 g/mol. The van der Waals surface area contributed by atoms with Crippen LogP contribution in [-0.2, 0) is 11.3 Å². The number of amides is 1. The number of piperazine rings is 1. The fourth-order valence-corrected chi connectivity index (χ4v) is 4.48. The lowest BCUT2D eigenvalue weighted by atomic mass is 10.1. The quantitative estimate of drug-likeness (QED) is 0.820. The van der Waals surface area contributed by atoms with Crippen molar-refractivity contribution in [3.63, 3.8) is 0 Å². The molecule has 1 atom stereocenters. The third-order valence-electron chi connectivity index (χ3n) is 6.08. The van der Waals surface area contributed by atoms with E-state index in [0.29, 0.717) is 6.54 Å². The average molecular weight is 393 g/mol. The Morgan fingerprint density at radius 2 is 1.66 bits per heavy atom. The molecule has 0 saturated carbocycles. The molecule has 29 heavy (non-hydrogen) atoms. The van der Waals surface area contributed by atoms with Crippen molar-refractivity contribution >= 4 is 11.6 Å². The molecule has 0 aliphatic carbocycles. The van der Waals surface area contributed by atoms with E-state index in [1.54, 1.807) is 0 Å². The molecule has 1 N–H and O–H groups in total. The van der Waals surface area contributed by atoms with Gasteiger partial charge in [-0.2, -0.15) is 0 Å². The summed E-state index contributed by atoms with van der Waals surface area (Å²) < 4.78 is 0. The van der Waals surface area contributed by atoms with E-state index in [2.05, 4.69) is 81.5 Å². The minimum absolute atomic E-state index is 0.168. The fourth-order valence-electron chi connectivity index (χ4n) is 4.48. The number of hydrogen-bond acceptors (Lipinski definition) is 4. The standard InChI is InChI=1S/C24H32N4O/c1-20-7-5-6-10-23(20)28-15-13-26(14-16-28)19-24(29)25-22-11-12-27(18-22)17-21-8-3-2-4-9-21/h2-10,22H,11-19H2,1H3,(H,25,29)/t22-/m1/s1. The van der Waals surface area contributed by atoms with Crippen molar-refractivity contribution in [1.29, 1.82) is 0 Å². The number of rotatable bonds is 6. The van der Waals surface area contributed by atoms with Crippen LogP contribution in [0.5, 0.6) is 0 Å². The van der Waals surface area contributed by atoms with Crippen molar-refractivity contribution in [2.75, 3.05) is 50.7 Å². The van der Waals surface area contributed by atoms with Crippen LogP contribution in [-0.4, -0.2) is 67.6 Å². The van der Waals surface area contributed by atoms with Crippen molar-refractivity contribution in [1.82, 2.24) is 15.1 Å². The second-order valence-electron chi connectivity index (χ2n) is 8.32. The highest BCUT2D eigenvalue weighted by atomic mass is 16.2. The highest BCUT2D eigenvalue weighted by Gasteiger charge is 2.25. The topological polar surface area (TPSA) is 38.8 Å². The highest BCUT2D eigenvalue weighted by Crippen LogP contribution is 2.20. The van der Waals surface area contributed by atoms with E-state index in [1.807, 2.05) is 0 Å². The van der Waals surface area contributed by atoms with Gasteiger partial charge < -0.3 is 10.2 Å². The minimum atomic E-state index is 0.168. The lowest BCUT2D eigenvalue weighted by Gasteiger charge is -2.36. The molecule has 4 rings (SSSR count). The first-order valence-corrected chi connectivity index (χ1v) is 10.8. The normalized spacial score (nSPS) is 20.7. The third kappa shape index (κ3) is 5.37. The van der Waals surface area contributed by atoms with E-state index in [-0.39, 0.29) is 11.9 Å². The molecule has 2 heterocycles. The van der Waals surface area contributed by atoms with Crippen molar-refractivity contribution in [2.24, 2.45) is 0 Å². The molecule has 154 valence electrons. The number of likely N-dealkylation sites (tertiary alicyclic amines) is 1. The maximum Gasteiger partial charge on any atom is 0.234 e. The summed E-state index contributed by atoms with van der Waals surface area (Å²) in [5.41, 5.74) is 3.98. The van der Waals surface area contributed by atoms with Gasteiger partial charge in [-0.1, -0.05) is 48.5 Å². The molecule has 0 radical (unpaired) electrons. The van der Waals surface area contributed by atoms with Gasteiger partial charge in [0.05, 0.1) is 6.54 Å². The number of benzene rings is 2. The molecule has 0 aromatic heterocycles. The van der Waals surface area contributed by atoms with Crippen LogP contribution in [0.4, 0.5) is 5.69 Å². The van der Waals surface area contributed by atoms with E-state index in [1.165, 1.54) is 16.8 Å². The van der Waals surface area contributed by atoms with Gasteiger partial charge in [0.25, 0.3) is 0 Å². The predicted octanol–water partition coefficient (Wildman–Crippen LogP) is 2.51. The Kier molecular flexibility index (Phi) is 6.47. The first kappa shape index (κ1) is 19.9. The first-order chi connectivity index (χ1) is 14.2. The molecule has 2 aromatic carbocycles. The second kappa shape index (κ2) is 9.42. The van der Waals surface area contributed by atoms with Crippen LogP contribution in [0.25, 0.3) is 0 Å². The van der Waals surface area contributed by atoms with Gasteiger partial charge in [0.1, 0.15) is 0 Å². The third-order valence-corrected chi connectivity index (χ3v) is 6.08. The summed E-state index contributed by atoms with van der Waals surface area (Å²) in [7, 11) is 0. The maximum absolute atomic E-state index is 12.6. The number of para-hydroxylation sites is 1. The Labute approximate surface area is 174 Å². The molecule has 2 aliphatic heterocycles. The van der Waals surface area contributed by atoms with E-state index in [9.17, 15) is 4.79 Å². The predicted molar refractivity (Wildman–Crippen MR) is 118 cm³/mol. The smallest absolute Gasteiger partial charge is 0.234 e. The second-order valence-corrected chi connectivity index (χ2v) is 8.32. The molecule has 2 aliphatic rings. The van der Waals surface area contributed by atoms with Gasteiger partial charge in [-0.25, -0.2) is 0 Å². The lowest BCUT2D eigenvalue weighted by Crippen LogP contribution is -2.51. The van der Waals surface area contributed by atoms with Crippen LogP contribution >= 0.6 is 0 Å². The van der Waals surface area contributed by atoms with E-state index < -0.39 is 0 Å². The summed E-state index contributed by atoms with van der Waals surface area (Å²) in [4.78, 5) is 19.7. The Bertz CT molecular complexity index is 802. The van der Waals surface area contributed by atoms with Gasteiger partial charge in [-0.05, 0) is 30.5 Å². The van der Waals surface area contributed by atoms with Gasteiger partial charge >= 0.3 is 0 Å². The van der Waals surface area contributed by atoms with Crippen molar-refractivity contribution in [3.05, 3.63) is 65.7 Å². The zero-order valence-electron chi connectivity index (χ0n) is 17.4. The lowest BCUT2D eigenvalue weighted by molar-refractivity contribution is -0.122. The van der Waals surface area contributed by atoms with Gasteiger partial charge in [-0.15, -0.1) is 0 Å². The molecule has 0 bridgehead atoms. The van der Waals surface area contributed by atoms with E-state index in [0.717, 1.165) is 52.2 Å².